The molecule has 0 saturated heterocycles. The molecule has 3 nitrogen and oxygen atoms in total. The highest BCUT2D eigenvalue weighted by Gasteiger charge is 1.99. The summed E-state index contributed by atoms with van der Waals surface area (Å²) >= 11 is 0. The predicted molar refractivity (Wildman–Crippen MR) is 57.3 cm³/mol. The molecular weight excluding hydrogens is 209 g/mol. The molecule has 1 amide bonds. The summed E-state index contributed by atoms with van der Waals surface area (Å²) in [6.45, 7) is 1.58. The Kier molecular flexibility index (Phi) is 4.22. The van der Waals surface area contributed by atoms with Gasteiger partial charge in [0.15, 0.2) is 6.29 Å². The van der Waals surface area contributed by atoms with E-state index in [0.717, 1.165) is 6.07 Å². The van der Waals surface area contributed by atoms with Gasteiger partial charge in [-0.05, 0) is 18.2 Å². The van der Waals surface area contributed by atoms with Gasteiger partial charge in [-0.25, -0.2) is 4.39 Å². The maximum Gasteiger partial charge on any atom is 0.217 e. The first-order valence-electron chi connectivity index (χ1n) is 4.61. The van der Waals surface area contributed by atoms with Crippen molar-refractivity contribution in [1.82, 2.24) is 5.32 Å². The third-order valence-electron chi connectivity index (χ3n) is 1.79. The smallest absolute Gasteiger partial charge is 0.217 e. The molecule has 0 aliphatic heterocycles. The van der Waals surface area contributed by atoms with E-state index in [9.17, 15) is 14.0 Å². The number of amides is 1. The van der Waals surface area contributed by atoms with Crippen molar-refractivity contribution >= 4 is 12.2 Å². The fraction of sp³-hybridized carbons (Fsp3) is 0.167. The van der Waals surface area contributed by atoms with E-state index in [1.165, 1.54) is 19.1 Å². The minimum atomic E-state index is -0.477. The molecule has 0 aliphatic carbocycles. The normalized spacial score (nSPS) is 8.88. The van der Waals surface area contributed by atoms with E-state index in [1.807, 2.05) is 0 Å². The molecule has 0 aromatic heterocycles. The summed E-state index contributed by atoms with van der Waals surface area (Å²) in [5, 5.41) is 2.49. The molecule has 82 valence electrons. The number of rotatable bonds is 2. The third kappa shape index (κ3) is 3.54. The molecule has 0 aliphatic rings. The zero-order chi connectivity index (χ0) is 12.0. The number of aldehydes is 1. The van der Waals surface area contributed by atoms with Gasteiger partial charge in [-0.3, -0.25) is 9.59 Å². The first-order valence-corrected chi connectivity index (χ1v) is 4.61. The van der Waals surface area contributed by atoms with Gasteiger partial charge in [-0.2, -0.15) is 0 Å². The van der Waals surface area contributed by atoms with E-state index in [4.69, 9.17) is 0 Å². The molecule has 0 heterocycles. The number of hydrogen-bond donors (Lipinski definition) is 1. The Labute approximate surface area is 92.7 Å². The molecule has 0 bridgehead atoms. The topological polar surface area (TPSA) is 46.2 Å². The Hall–Kier alpha value is -2.15. The van der Waals surface area contributed by atoms with Crippen molar-refractivity contribution < 1.29 is 14.0 Å². The monoisotopic (exact) mass is 219 g/mol. The fourth-order valence-electron chi connectivity index (χ4n) is 1.05. The van der Waals surface area contributed by atoms with Crippen molar-refractivity contribution in [1.29, 1.82) is 0 Å². The molecule has 0 atom stereocenters. The van der Waals surface area contributed by atoms with Crippen molar-refractivity contribution in [2.45, 2.75) is 6.92 Å². The summed E-state index contributed by atoms with van der Waals surface area (Å²) in [7, 11) is 0. The molecule has 4 heteroatoms. The lowest BCUT2D eigenvalue weighted by Gasteiger charge is -1.96. The standard InChI is InChI=1S/C12H10FNO2/c1-9(16)14-6-2-3-10-4-5-12(13)7-11(10)8-15/h4-5,7-8H,6H2,1H3,(H,14,16). The van der Waals surface area contributed by atoms with Gasteiger partial charge in [0.05, 0.1) is 6.54 Å². The van der Waals surface area contributed by atoms with Gasteiger partial charge >= 0.3 is 0 Å². The van der Waals surface area contributed by atoms with Gasteiger partial charge in [0.25, 0.3) is 0 Å². The molecule has 16 heavy (non-hydrogen) atoms. The summed E-state index contributed by atoms with van der Waals surface area (Å²) in [5.41, 5.74) is 0.650. The van der Waals surface area contributed by atoms with Crippen LogP contribution < -0.4 is 5.32 Å². The van der Waals surface area contributed by atoms with Crippen LogP contribution in [-0.4, -0.2) is 18.7 Å². The summed E-state index contributed by atoms with van der Waals surface area (Å²) in [5.74, 6) is 4.69. The molecule has 0 saturated carbocycles. The molecule has 1 aromatic carbocycles. The quantitative estimate of drug-likeness (QED) is 0.598. The highest BCUT2D eigenvalue weighted by Crippen LogP contribution is 2.07. The highest BCUT2D eigenvalue weighted by atomic mass is 19.1. The molecule has 0 fully saturated rings. The van der Waals surface area contributed by atoms with Crippen LogP contribution in [-0.2, 0) is 4.79 Å². The van der Waals surface area contributed by atoms with Crippen LogP contribution in [0, 0.1) is 17.7 Å². The van der Waals surface area contributed by atoms with Gasteiger partial charge in [0, 0.05) is 18.1 Å². The van der Waals surface area contributed by atoms with E-state index in [2.05, 4.69) is 17.2 Å². The van der Waals surface area contributed by atoms with Gasteiger partial charge in [-0.15, -0.1) is 0 Å². The van der Waals surface area contributed by atoms with E-state index in [-0.39, 0.29) is 18.0 Å². The van der Waals surface area contributed by atoms with Crippen LogP contribution in [0.3, 0.4) is 0 Å². The third-order valence-corrected chi connectivity index (χ3v) is 1.79. The second-order valence-corrected chi connectivity index (χ2v) is 3.06. The van der Waals surface area contributed by atoms with Crippen LogP contribution in [0.25, 0.3) is 0 Å². The molecule has 0 radical (unpaired) electrons. The number of carbonyl (C=O) groups excluding carboxylic acids is 2. The predicted octanol–water partition coefficient (Wildman–Crippen LogP) is 1.13. The van der Waals surface area contributed by atoms with Crippen molar-refractivity contribution in [2.75, 3.05) is 6.54 Å². The average Bonchev–Trinajstić information content (AvgIpc) is 2.25. The molecule has 1 rings (SSSR count). The Morgan fingerprint density at radius 1 is 1.56 bits per heavy atom. The maximum atomic E-state index is 12.8. The summed E-state index contributed by atoms with van der Waals surface area (Å²) in [6, 6.07) is 3.78. The van der Waals surface area contributed by atoms with Crippen LogP contribution in [0.15, 0.2) is 18.2 Å². The average molecular weight is 219 g/mol. The zero-order valence-electron chi connectivity index (χ0n) is 8.71. The first-order chi connectivity index (χ1) is 7.63. The summed E-state index contributed by atoms with van der Waals surface area (Å²) in [4.78, 5) is 21.2. The molecule has 0 spiro atoms. The number of hydrogen-bond acceptors (Lipinski definition) is 2. The van der Waals surface area contributed by atoms with Gasteiger partial charge in [0.2, 0.25) is 5.91 Å². The van der Waals surface area contributed by atoms with Crippen LogP contribution in [0.1, 0.15) is 22.8 Å². The van der Waals surface area contributed by atoms with E-state index < -0.39 is 5.82 Å². The Balaban J connectivity index is 2.80. The minimum absolute atomic E-state index is 0.177. The van der Waals surface area contributed by atoms with Crippen molar-refractivity contribution in [3.8, 4) is 11.8 Å². The largest absolute Gasteiger partial charge is 0.345 e. The Morgan fingerprint density at radius 2 is 2.31 bits per heavy atom. The molecular formula is C12H10FNO2. The second-order valence-electron chi connectivity index (χ2n) is 3.06. The van der Waals surface area contributed by atoms with Crippen LogP contribution >= 0.6 is 0 Å². The highest BCUT2D eigenvalue weighted by molar-refractivity contribution is 5.79. The van der Waals surface area contributed by atoms with Gasteiger partial charge in [-0.1, -0.05) is 11.8 Å². The number of nitrogens with one attached hydrogen (secondary N) is 1. The van der Waals surface area contributed by atoms with Crippen LogP contribution in [0.5, 0.6) is 0 Å². The summed E-state index contributed by atoms with van der Waals surface area (Å²) < 4.78 is 12.8. The second kappa shape index (κ2) is 5.66. The summed E-state index contributed by atoms with van der Waals surface area (Å²) in [6.07, 6.45) is 0.547. The van der Waals surface area contributed by atoms with E-state index >= 15 is 0 Å². The van der Waals surface area contributed by atoms with E-state index in [1.54, 1.807) is 0 Å². The Bertz CT molecular complexity index is 472. The van der Waals surface area contributed by atoms with Crippen molar-refractivity contribution in [3.63, 3.8) is 0 Å². The first kappa shape index (κ1) is 11.9. The molecule has 1 N–H and O–H groups in total. The lowest BCUT2D eigenvalue weighted by atomic mass is 10.1. The fourth-order valence-corrected chi connectivity index (χ4v) is 1.05. The number of carbonyl (C=O) groups is 2. The minimum Gasteiger partial charge on any atom is -0.345 e. The SMILES string of the molecule is CC(=O)NCC#Cc1ccc(F)cc1C=O. The molecule has 0 unspecified atom stereocenters. The maximum absolute atomic E-state index is 12.8. The van der Waals surface area contributed by atoms with Gasteiger partial charge in [0.1, 0.15) is 5.82 Å². The van der Waals surface area contributed by atoms with Crippen molar-refractivity contribution in [3.05, 3.63) is 35.1 Å². The lowest BCUT2D eigenvalue weighted by molar-refractivity contribution is -0.118. The van der Waals surface area contributed by atoms with Crippen LogP contribution in [0.2, 0.25) is 0 Å². The Morgan fingerprint density at radius 3 is 2.94 bits per heavy atom. The number of benzene rings is 1. The van der Waals surface area contributed by atoms with Crippen molar-refractivity contribution in [2.24, 2.45) is 0 Å². The zero-order valence-corrected chi connectivity index (χ0v) is 8.71. The lowest BCUT2D eigenvalue weighted by Crippen LogP contribution is -2.19. The van der Waals surface area contributed by atoms with Gasteiger partial charge < -0.3 is 5.32 Å². The van der Waals surface area contributed by atoms with Crippen LogP contribution in [0.4, 0.5) is 4.39 Å². The molecule has 1 aromatic rings. The van der Waals surface area contributed by atoms with E-state index in [0.29, 0.717) is 11.8 Å². The number of halogens is 1.